The smallest absolute Gasteiger partial charge is 0.251 e. The molecule has 2 saturated heterocycles. The molecule has 0 aromatic heterocycles. The summed E-state index contributed by atoms with van der Waals surface area (Å²) in [4.78, 5) is 26.7. The monoisotopic (exact) mass is 375 g/mol. The van der Waals surface area contributed by atoms with Gasteiger partial charge in [0.05, 0.1) is 6.54 Å². The molecule has 148 valence electrons. The van der Waals surface area contributed by atoms with E-state index in [9.17, 15) is 14.0 Å². The number of nitrogens with zero attached hydrogens (tertiary/aromatic N) is 1. The Bertz CT molecular complexity index is 696. The van der Waals surface area contributed by atoms with Crippen LogP contribution in [0.3, 0.4) is 0 Å². The summed E-state index contributed by atoms with van der Waals surface area (Å²) in [7, 11) is 0. The second kappa shape index (κ2) is 7.58. The molecule has 2 amide bonds. The number of amides is 2. The minimum absolute atomic E-state index is 0.0745. The third-order valence-corrected chi connectivity index (χ3v) is 5.39. The van der Waals surface area contributed by atoms with Crippen molar-refractivity contribution < 1.29 is 14.0 Å². The van der Waals surface area contributed by atoms with Gasteiger partial charge in [-0.3, -0.25) is 14.5 Å². The number of hydrogen-bond donors (Lipinski definition) is 2. The normalized spacial score (nSPS) is 24.9. The first-order chi connectivity index (χ1) is 12.6. The van der Waals surface area contributed by atoms with Gasteiger partial charge in [-0.25, -0.2) is 4.39 Å². The van der Waals surface area contributed by atoms with Crippen molar-refractivity contribution in [1.29, 1.82) is 0 Å². The highest BCUT2D eigenvalue weighted by molar-refractivity contribution is 5.94. The van der Waals surface area contributed by atoms with Gasteiger partial charge in [-0.1, -0.05) is 0 Å². The zero-order valence-electron chi connectivity index (χ0n) is 16.6. The Kier molecular flexibility index (Phi) is 5.56. The molecule has 3 fully saturated rings. The molecule has 2 unspecified atom stereocenters. The number of rotatable bonds is 5. The van der Waals surface area contributed by atoms with Crippen molar-refractivity contribution in [3.05, 3.63) is 35.1 Å². The van der Waals surface area contributed by atoms with Crippen LogP contribution in [0.4, 0.5) is 4.39 Å². The van der Waals surface area contributed by atoms with Gasteiger partial charge in [0.1, 0.15) is 5.82 Å². The zero-order valence-corrected chi connectivity index (χ0v) is 16.6. The number of carbonyl (C=O) groups is 2. The minimum atomic E-state index is -0.386. The molecule has 2 heterocycles. The number of carbonyl (C=O) groups excluding carboxylic acids is 2. The van der Waals surface area contributed by atoms with Crippen molar-refractivity contribution in [2.24, 2.45) is 5.92 Å². The summed E-state index contributed by atoms with van der Waals surface area (Å²) in [6.45, 7) is 8.79. The average Bonchev–Trinajstić information content (AvgIpc) is 2.55. The molecule has 0 radical (unpaired) electrons. The zero-order chi connectivity index (χ0) is 19.8. The summed E-state index contributed by atoms with van der Waals surface area (Å²) in [6, 6.07) is 5.24. The maximum absolute atomic E-state index is 13.5. The Balaban J connectivity index is 1.46. The van der Waals surface area contributed by atoms with Crippen LogP contribution in [-0.4, -0.2) is 47.4 Å². The molecule has 5 nitrogen and oxygen atoms in total. The molecule has 2 aliphatic heterocycles. The van der Waals surface area contributed by atoms with E-state index in [1.165, 1.54) is 12.1 Å². The summed E-state index contributed by atoms with van der Waals surface area (Å²) >= 11 is 0. The molecule has 1 aromatic carbocycles. The van der Waals surface area contributed by atoms with Crippen LogP contribution in [0.2, 0.25) is 0 Å². The van der Waals surface area contributed by atoms with Crippen molar-refractivity contribution in [2.45, 2.75) is 64.6 Å². The predicted octanol–water partition coefficient (Wildman–Crippen LogP) is 2.63. The molecule has 0 spiro atoms. The van der Waals surface area contributed by atoms with E-state index >= 15 is 0 Å². The molecule has 27 heavy (non-hydrogen) atoms. The molecular formula is C21H30FN3O2. The number of nitrogens with one attached hydrogen (secondary N) is 2. The van der Waals surface area contributed by atoms with E-state index in [1.807, 2.05) is 20.8 Å². The Morgan fingerprint density at radius 2 is 1.81 bits per heavy atom. The van der Waals surface area contributed by atoms with E-state index in [0.29, 0.717) is 36.7 Å². The third-order valence-electron chi connectivity index (χ3n) is 5.39. The highest BCUT2D eigenvalue weighted by atomic mass is 19.1. The lowest BCUT2D eigenvalue weighted by molar-refractivity contribution is -0.131. The standard InChI is InChI=1S/C21H30FN3O2/c1-13-5-15(9-16(22)6-13)20(27)23-11-14-7-17-10-18(8-14)25(17)12-19(26)24-21(2,3)4/h5-6,9,14,17-18H,7-8,10-12H2,1-4H3,(H,23,27)(H,24,26). The highest BCUT2D eigenvalue weighted by Crippen LogP contribution is 2.40. The van der Waals surface area contributed by atoms with Gasteiger partial charge >= 0.3 is 0 Å². The van der Waals surface area contributed by atoms with Crippen LogP contribution in [-0.2, 0) is 4.79 Å². The van der Waals surface area contributed by atoms with Gasteiger partial charge in [0.15, 0.2) is 0 Å². The number of aryl methyl sites for hydroxylation is 1. The van der Waals surface area contributed by atoms with E-state index in [2.05, 4.69) is 15.5 Å². The first-order valence-corrected chi connectivity index (χ1v) is 9.73. The van der Waals surface area contributed by atoms with Crippen molar-refractivity contribution >= 4 is 11.8 Å². The van der Waals surface area contributed by atoms with E-state index in [0.717, 1.165) is 24.8 Å². The molecular weight excluding hydrogens is 345 g/mol. The summed E-state index contributed by atoms with van der Waals surface area (Å²) in [5.41, 5.74) is 0.899. The Hall–Kier alpha value is -1.95. The number of halogens is 1. The molecule has 1 aromatic rings. The lowest BCUT2D eigenvalue weighted by Crippen LogP contribution is -2.64. The van der Waals surface area contributed by atoms with Gasteiger partial charge in [-0.05, 0) is 76.6 Å². The van der Waals surface area contributed by atoms with Crippen LogP contribution in [0.1, 0.15) is 56.0 Å². The number of piperidine rings is 1. The fraction of sp³-hybridized carbons (Fsp3) is 0.619. The fourth-order valence-corrected chi connectivity index (χ4v) is 4.33. The molecule has 2 N–H and O–H groups in total. The molecule has 1 saturated carbocycles. The van der Waals surface area contributed by atoms with Gasteiger partial charge in [-0.15, -0.1) is 0 Å². The SMILES string of the molecule is Cc1cc(F)cc(C(=O)NCC2CC3CC(C2)N3CC(=O)NC(C)(C)C)c1. The topological polar surface area (TPSA) is 61.4 Å². The largest absolute Gasteiger partial charge is 0.352 e. The molecule has 3 aliphatic rings. The lowest BCUT2D eigenvalue weighted by atomic mass is 9.73. The average molecular weight is 375 g/mol. The van der Waals surface area contributed by atoms with Crippen molar-refractivity contribution in [2.75, 3.05) is 13.1 Å². The highest BCUT2D eigenvalue weighted by Gasteiger charge is 2.45. The summed E-state index contributed by atoms with van der Waals surface area (Å²) in [5, 5.41) is 5.97. The summed E-state index contributed by atoms with van der Waals surface area (Å²) < 4.78 is 13.5. The number of hydrogen-bond acceptors (Lipinski definition) is 3. The van der Waals surface area contributed by atoms with E-state index < -0.39 is 0 Å². The molecule has 6 heteroatoms. The van der Waals surface area contributed by atoms with E-state index in [4.69, 9.17) is 0 Å². The van der Waals surface area contributed by atoms with Gasteiger partial charge in [0, 0.05) is 29.7 Å². The Morgan fingerprint density at radius 3 is 2.41 bits per heavy atom. The maximum Gasteiger partial charge on any atom is 0.251 e. The van der Waals surface area contributed by atoms with E-state index in [-0.39, 0.29) is 23.2 Å². The quantitative estimate of drug-likeness (QED) is 0.832. The second-order valence-electron chi connectivity index (χ2n) is 9.08. The van der Waals surface area contributed by atoms with Crippen LogP contribution >= 0.6 is 0 Å². The van der Waals surface area contributed by atoms with Crippen LogP contribution in [0.25, 0.3) is 0 Å². The molecule has 2 atom stereocenters. The molecule has 4 rings (SSSR count). The Morgan fingerprint density at radius 1 is 1.15 bits per heavy atom. The lowest BCUT2D eigenvalue weighted by Gasteiger charge is -2.55. The third kappa shape index (κ3) is 5.06. The summed E-state index contributed by atoms with van der Waals surface area (Å²) in [5.74, 6) is -0.124. The van der Waals surface area contributed by atoms with Gasteiger partial charge in [0.2, 0.25) is 5.91 Å². The number of fused-ring (bicyclic) bond motifs is 2. The molecule has 1 aliphatic carbocycles. The van der Waals surface area contributed by atoms with Gasteiger partial charge in [0.25, 0.3) is 5.91 Å². The van der Waals surface area contributed by atoms with Crippen LogP contribution < -0.4 is 10.6 Å². The van der Waals surface area contributed by atoms with Crippen LogP contribution in [0.15, 0.2) is 18.2 Å². The van der Waals surface area contributed by atoms with Crippen molar-refractivity contribution in [3.63, 3.8) is 0 Å². The van der Waals surface area contributed by atoms with Gasteiger partial charge < -0.3 is 10.6 Å². The predicted molar refractivity (Wildman–Crippen MR) is 103 cm³/mol. The van der Waals surface area contributed by atoms with Crippen LogP contribution in [0.5, 0.6) is 0 Å². The number of benzene rings is 1. The Labute approximate surface area is 160 Å². The first-order valence-electron chi connectivity index (χ1n) is 9.73. The first kappa shape index (κ1) is 19.8. The summed E-state index contributed by atoms with van der Waals surface area (Å²) in [6.07, 6.45) is 3.11. The van der Waals surface area contributed by atoms with Gasteiger partial charge in [-0.2, -0.15) is 0 Å². The minimum Gasteiger partial charge on any atom is -0.352 e. The van der Waals surface area contributed by atoms with E-state index in [1.54, 1.807) is 13.0 Å². The van der Waals surface area contributed by atoms with Crippen molar-refractivity contribution in [3.8, 4) is 0 Å². The fourth-order valence-electron chi connectivity index (χ4n) is 4.33. The maximum atomic E-state index is 13.5. The second-order valence-corrected chi connectivity index (χ2v) is 9.08. The van der Waals surface area contributed by atoms with Crippen LogP contribution in [0, 0.1) is 18.7 Å². The molecule has 2 bridgehead atoms. The van der Waals surface area contributed by atoms with Crippen molar-refractivity contribution in [1.82, 2.24) is 15.5 Å².